The van der Waals surface area contributed by atoms with E-state index < -0.39 is 15.1 Å². The summed E-state index contributed by atoms with van der Waals surface area (Å²) in [7, 11) is -3.22. The zero-order chi connectivity index (χ0) is 12.8. The highest BCUT2D eigenvalue weighted by Crippen LogP contribution is 2.52. The third-order valence-electron chi connectivity index (χ3n) is 3.01. The highest BCUT2D eigenvalue weighted by Gasteiger charge is 2.58. The molecule has 0 unspecified atom stereocenters. The molecule has 0 aliphatic heterocycles. The van der Waals surface area contributed by atoms with Crippen molar-refractivity contribution in [3.8, 4) is 0 Å². The minimum absolute atomic E-state index is 0.176. The van der Waals surface area contributed by atoms with E-state index in [0.717, 1.165) is 6.26 Å². The van der Waals surface area contributed by atoms with E-state index >= 15 is 0 Å². The van der Waals surface area contributed by atoms with Gasteiger partial charge in [0.25, 0.3) is 0 Å². The Morgan fingerprint density at radius 2 is 2.12 bits per heavy atom. The van der Waals surface area contributed by atoms with E-state index in [1.807, 2.05) is 0 Å². The summed E-state index contributed by atoms with van der Waals surface area (Å²) in [5, 5.41) is -0.609. The van der Waals surface area contributed by atoms with Gasteiger partial charge in [-0.25, -0.2) is 12.8 Å². The van der Waals surface area contributed by atoms with Crippen LogP contribution in [0.2, 0.25) is 0 Å². The van der Waals surface area contributed by atoms with Gasteiger partial charge in [0, 0.05) is 18.1 Å². The normalized spacial score (nSPS) is 27.8. The average Bonchev–Trinajstić information content (AvgIpc) is 2.91. The van der Waals surface area contributed by atoms with E-state index in [1.54, 1.807) is 12.1 Å². The van der Waals surface area contributed by atoms with Gasteiger partial charge in [0.2, 0.25) is 0 Å². The minimum Gasteiger partial charge on any atom is -0.393 e. The van der Waals surface area contributed by atoms with E-state index in [-0.39, 0.29) is 22.6 Å². The van der Waals surface area contributed by atoms with Crippen LogP contribution in [0.1, 0.15) is 11.5 Å². The Bertz CT molecular complexity index is 571. The smallest absolute Gasteiger partial charge is 0.151 e. The second-order valence-corrected chi connectivity index (χ2v) is 6.98. The summed E-state index contributed by atoms with van der Waals surface area (Å²) >= 11 is 4.86. The Hall–Kier alpha value is -1.01. The Balaban J connectivity index is 2.37. The lowest BCUT2D eigenvalue weighted by atomic mass is 10.1. The summed E-state index contributed by atoms with van der Waals surface area (Å²) in [6.45, 7) is 0. The zero-order valence-electron chi connectivity index (χ0n) is 9.13. The summed E-state index contributed by atoms with van der Waals surface area (Å²) < 4.78 is 36.2. The number of nitrogens with two attached hydrogens (primary N) is 1. The molecule has 1 aromatic carbocycles. The van der Waals surface area contributed by atoms with Crippen molar-refractivity contribution < 1.29 is 12.8 Å². The largest absolute Gasteiger partial charge is 0.393 e. The standard InChI is InChI=1S/C11H12FNO2S2/c1-17(14,15)10-8(9(10)11(13)16)6-3-2-4-7(12)5-6/h2-5,8-10H,1H3,(H2,13,16)/t8-,9-,10+/m1/s1. The van der Waals surface area contributed by atoms with Crippen LogP contribution in [-0.4, -0.2) is 24.9 Å². The summed E-state index contributed by atoms with van der Waals surface area (Å²) in [5.41, 5.74) is 6.16. The van der Waals surface area contributed by atoms with Gasteiger partial charge in [-0.3, -0.25) is 0 Å². The molecule has 3 atom stereocenters. The second-order valence-electron chi connectivity index (χ2n) is 4.30. The number of hydrogen-bond acceptors (Lipinski definition) is 3. The molecular weight excluding hydrogens is 261 g/mol. The van der Waals surface area contributed by atoms with Crippen molar-refractivity contribution in [3.05, 3.63) is 35.6 Å². The van der Waals surface area contributed by atoms with Gasteiger partial charge in [-0.05, 0) is 17.7 Å². The maximum absolute atomic E-state index is 13.1. The number of rotatable bonds is 3. The third kappa shape index (κ3) is 2.32. The zero-order valence-corrected chi connectivity index (χ0v) is 10.8. The molecule has 1 aliphatic rings. The molecule has 17 heavy (non-hydrogen) atoms. The van der Waals surface area contributed by atoms with E-state index in [9.17, 15) is 12.8 Å². The fourth-order valence-electron chi connectivity index (χ4n) is 2.27. The van der Waals surface area contributed by atoms with Gasteiger partial charge in [0.15, 0.2) is 9.84 Å². The fraction of sp³-hybridized carbons (Fsp3) is 0.364. The number of thiocarbonyl (C=S) groups is 1. The molecule has 0 saturated heterocycles. The summed E-state index contributed by atoms with van der Waals surface area (Å²) in [4.78, 5) is 0.176. The molecule has 1 aliphatic carbocycles. The van der Waals surface area contributed by atoms with E-state index in [0.29, 0.717) is 5.56 Å². The predicted molar refractivity (Wildman–Crippen MR) is 68.0 cm³/mol. The van der Waals surface area contributed by atoms with Crippen molar-refractivity contribution in [2.75, 3.05) is 6.26 Å². The highest BCUT2D eigenvalue weighted by molar-refractivity contribution is 7.91. The molecule has 0 heterocycles. The van der Waals surface area contributed by atoms with Crippen LogP contribution in [0.3, 0.4) is 0 Å². The van der Waals surface area contributed by atoms with Crippen LogP contribution in [-0.2, 0) is 9.84 Å². The van der Waals surface area contributed by atoms with Crippen molar-refractivity contribution in [3.63, 3.8) is 0 Å². The lowest BCUT2D eigenvalue weighted by Gasteiger charge is -1.99. The van der Waals surface area contributed by atoms with E-state index in [2.05, 4.69) is 0 Å². The maximum Gasteiger partial charge on any atom is 0.151 e. The Morgan fingerprint density at radius 1 is 1.47 bits per heavy atom. The predicted octanol–water partition coefficient (Wildman–Crippen LogP) is 1.24. The van der Waals surface area contributed by atoms with Gasteiger partial charge >= 0.3 is 0 Å². The van der Waals surface area contributed by atoms with Crippen molar-refractivity contribution in [1.29, 1.82) is 0 Å². The van der Waals surface area contributed by atoms with E-state index in [1.165, 1.54) is 12.1 Å². The first-order valence-electron chi connectivity index (χ1n) is 5.06. The molecule has 2 rings (SSSR count). The summed E-state index contributed by atoms with van der Waals surface area (Å²) in [6.07, 6.45) is 1.15. The van der Waals surface area contributed by atoms with Gasteiger partial charge in [-0.1, -0.05) is 24.4 Å². The van der Waals surface area contributed by atoms with Crippen molar-refractivity contribution in [1.82, 2.24) is 0 Å². The quantitative estimate of drug-likeness (QED) is 0.842. The van der Waals surface area contributed by atoms with Gasteiger partial charge in [-0.15, -0.1) is 0 Å². The molecular formula is C11H12FNO2S2. The molecule has 0 aromatic heterocycles. The van der Waals surface area contributed by atoms with Gasteiger partial charge in [0.05, 0.1) is 10.2 Å². The third-order valence-corrected chi connectivity index (χ3v) is 4.86. The average molecular weight is 273 g/mol. The highest BCUT2D eigenvalue weighted by atomic mass is 32.2. The summed E-state index contributed by atoms with van der Waals surface area (Å²) in [5.74, 6) is -1.07. The molecule has 0 radical (unpaired) electrons. The molecule has 1 saturated carbocycles. The lowest BCUT2D eigenvalue weighted by Crippen LogP contribution is -2.16. The molecule has 0 amide bonds. The fourth-order valence-corrected chi connectivity index (χ4v) is 4.26. The number of hydrogen-bond donors (Lipinski definition) is 1. The van der Waals surface area contributed by atoms with Crippen LogP contribution < -0.4 is 5.73 Å². The molecule has 3 nitrogen and oxygen atoms in total. The van der Waals surface area contributed by atoms with Crippen molar-refractivity contribution in [2.45, 2.75) is 11.2 Å². The monoisotopic (exact) mass is 273 g/mol. The van der Waals surface area contributed by atoms with Gasteiger partial charge in [0.1, 0.15) is 5.82 Å². The van der Waals surface area contributed by atoms with Gasteiger partial charge < -0.3 is 5.73 Å². The van der Waals surface area contributed by atoms with Crippen LogP contribution >= 0.6 is 12.2 Å². The topological polar surface area (TPSA) is 60.2 Å². The molecule has 2 N–H and O–H groups in total. The first-order valence-corrected chi connectivity index (χ1v) is 7.42. The molecule has 1 fully saturated rings. The van der Waals surface area contributed by atoms with Crippen LogP contribution in [0.5, 0.6) is 0 Å². The van der Waals surface area contributed by atoms with Crippen LogP contribution in [0.25, 0.3) is 0 Å². The van der Waals surface area contributed by atoms with Crippen molar-refractivity contribution >= 4 is 27.0 Å². The Morgan fingerprint density at radius 3 is 2.53 bits per heavy atom. The Labute approximate surface area is 105 Å². The van der Waals surface area contributed by atoms with Crippen LogP contribution in [0.15, 0.2) is 24.3 Å². The second kappa shape index (κ2) is 4.03. The molecule has 0 bridgehead atoms. The van der Waals surface area contributed by atoms with Gasteiger partial charge in [-0.2, -0.15) is 0 Å². The number of sulfone groups is 1. The molecule has 6 heteroatoms. The van der Waals surface area contributed by atoms with E-state index in [4.69, 9.17) is 18.0 Å². The molecule has 92 valence electrons. The minimum atomic E-state index is -3.22. The summed E-state index contributed by atoms with van der Waals surface area (Å²) in [6, 6.07) is 5.90. The Kier molecular flexibility index (Phi) is 2.95. The first-order chi connectivity index (χ1) is 7.82. The lowest BCUT2D eigenvalue weighted by molar-refractivity contribution is 0.599. The maximum atomic E-state index is 13.1. The molecule has 0 spiro atoms. The van der Waals surface area contributed by atoms with Crippen LogP contribution in [0, 0.1) is 11.7 Å². The van der Waals surface area contributed by atoms with Crippen LogP contribution in [0.4, 0.5) is 4.39 Å². The number of halogens is 1. The SMILES string of the molecule is CS(=O)(=O)[C@@H]1[C@H](C(N)=S)[C@H]1c1cccc(F)c1. The number of benzene rings is 1. The first kappa shape index (κ1) is 12.4. The van der Waals surface area contributed by atoms with Crippen molar-refractivity contribution in [2.24, 2.45) is 11.7 Å². The molecule has 1 aromatic rings.